The number of hydrogen-bond acceptors (Lipinski definition) is 2. The van der Waals surface area contributed by atoms with Crippen molar-refractivity contribution in [1.29, 1.82) is 0 Å². The van der Waals surface area contributed by atoms with Crippen LogP contribution >= 0.6 is 0 Å². The molecule has 1 aliphatic heterocycles. The van der Waals surface area contributed by atoms with Gasteiger partial charge in [-0.15, -0.1) is 0 Å². The van der Waals surface area contributed by atoms with Gasteiger partial charge in [-0.3, -0.25) is 4.79 Å². The molecular weight excluding hydrogens is 224 g/mol. The molecule has 0 bridgehead atoms. The number of rotatable bonds is 3. The van der Waals surface area contributed by atoms with Gasteiger partial charge in [0.2, 0.25) is 5.91 Å². The Kier molecular flexibility index (Phi) is 4.66. The highest BCUT2D eigenvalue weighted by atomic mass is 16.1. The third-order valence-electron chi connectivity index (χ3n) is 4.44. The highest BCUT2D eigenvalue weighted by Crippen LogP contribution is 2.35. The highest BCUT2D eigenvalue weighted by molar-refractivity contribution is 5.76. The van der Waals surface area contributed by atoms with Gasteiger partial charge in [-0.1, -0.05) is 20.3 Å². The number of piperidine rings is 1. The molecule has 1 saturated heterocycles. The summed E-state index contributed by atoms with van der Waals surface area (Å²) in [6.07, 6.45) is 7.99. The van der Waals surface area contributed by atoms with Crippen LogP contribution in [0.1, 0.15) is 58.8 Å². The van der Waals surface area contributed by atoms with E-state index in [0.717, 1.165) is 25.9 Å². The molecule has 0 radical (unpaired) electrons. The number of amides is 1. The van der Waals surface area contributed by atoms with Gasteiger partial charge >= 0.3 is 0 Å². The number of carbonyl (C=O) groups excluding carboxylic acids is 1. The predicted octanol–water partition coefficient (Wildman–Crippen LogP) is 2.46. The molecule has 1 aliphatic carbocycles. The average molecular weight is 252 g/mol. The zero-order valence-corrected chi connectivity index (χ0v) is 11.9. The molecular formula is C15H28N2O. The highest BCUT2D eigenvalue weighted by Gasteiger charge is 2.29. The maximum Gasteiger partial charge on any atom is 0.220 e. The lowest BCUT2D eigenvalue weighted by atomic mass is 9.75. The predicted molar refractivity (Wildman–Crippen MR) is 74.4 cm³/mol. The van der Waals surface area contributed by atoms with Crippen LogP contribution in [-0.4, -0.2) is 25.0 Å². The standard InChI is InChI=1S/C15H28N2O/c1-15(2)7-3-6-13(10-15)17-14(18)9-12-5-4-8-16-11-12/h12-13,16H,3-11H2,1-2H3,(H,17,18). The van der Waals surface area contributed by atoms with Gasteiger partial charge in [-0.25, -0.2) is 0 Å². The van der Waals surface area contributed by atoms with Crippen molar-refractivity contribution in [3.63, 3.8) is 0 Å². The molecule has 0 spiro atoms. The first-order chi connectivity index (χ1) is 8.55. The molecule has 0 aromatic rings. The Morgan fingerprint density at radius 3 is 2.83 bits per heavy atom. The van der Waals surface area contributed by atoms with Crippen molar-refractivity contribution < 1.29 is 4.79 Å². The van der Waals surface area contributed by atoms with Gasteiger partial charge in [0.15, 0.2) is 0 Å². The summed E-state index contributed by atoms with van der Waals surface area (Å²) in [5.41, 5.74) is 0.405. The molecule has 2 aliphatic rings. The summed E-state index contributed by atoms with van der Waals surface area (Å²) in [6, 6.07) is 0.415. The van der Waals surface area contributed by atoms with E-state index in [1.54, 1.807) is 0 Å². The van der Waals surface area contributed by atoms with Crippen LogP contribution in [0.15, 0.2) is 0 Å². The Balaban J connectivity index is 1.73. The molecule has 1 saturated carbocycles. The van der Waals surface area contributed by atoms with E-state index in [9.17, 15) is 4.79 Å². The first-order valence-corrected chi connectivity index (χ1v) is 7.55. The summed E-state index contributed by atoms with van der Waals surface area (Å²) in [4.78, 5) is 12.1. The molecule has 2 fully saturated rings. The molecule has 18 heavy (non-hydrogen) atoms. The number of nitrogens with one attached hydrogen (secondary N) is 2. The second-order valence-corrected chi connectivity index (χ2v) is 6.94. The van der Waals surface area contributed by atoms with Crippen LogP contribution in [0, 0.1) is 11.3 Å². The minimum atomic E-state index is 0.270. The maximum absolute atomic E-state index is 12.1. The zero-order valence-electron chi connectivity index (χ0n) is 11.9. The lowest BCUT2D eigenvalue weighted by Crippen LogP contribution is -2.42. The van der Waals surface area contributed by atoms with E-state index in [0.29, 0.717) is 23.8 Å². The quantitative estimate of drug-likeness (QED) is 0.810. The first kappa shape index (κ1) is 13.9. The molecule has 1 heterocycles. The Hall–Kier alpha value is -0.570. The Morgan fingerprint density at radius 1 is 1.33 bits per heavy atom. The molecule has 2 unspecified atom stereocenters. The molecule has 1 amide bonds. The van der Waals surface area contributed by atoms with E-state index in [4.69, 9.17) is 0 Å². The lowest BCUT2D eigenvalue weighted by Gasteiger charge is -2.35. The number of carbonyl (C=O) groups is 1. The van der Waals surface area contributed by atoms with Gasteiger partial charge in [0.1, 0.15) is 0 Å². The lowest BCUT2D eigenvalue weighted by molar-refractivity contribution is -0.123. The Morgan fingerprint density at radius 2 is 2.17 bits per heavy atom. The third-order valence-corrected chi connectivity index (χ3v) is 4.44. The molecule has 0 aromatic carbocycles. The van der Waals surface area contributed by atoms with Gasteiger partial charge in [-0.2, -0.15) is 0 Å². The van der Waals surface area contributed by atoms with Crippen LogP contribution in [0.25, 0.3) is 0 Å². The van der Waals surface area contributed by atoms with Gasteiger partial charge in [0.25, 0.3) is 0 Å². The molecule has 2 N–H and O–H groups in total. The van der Waals surface area contributed by atoms with Crippen molar-refractivity contribution in [2.45, 2.75) is 64.8 Å². The van der Waals surface area contributed by atoms with E-state index >= 15 is 0 Å². The van der Waals surface area contributed by atoms with Crippen LogP contribution < -0.4 is 10.6 Å². The van der Waals surface area contributed by atoms with Crippen LogP contribution in [0.3, 0.4) is 0 Å². The summed E-state index contributed by atoms with van der Waals surface area (Å²) in [6.45, 7) is 6.77. The Labute approximate surface area is 111 Å². The van der Waals surface area contributed by atoms with Gasteiger partial charge in [0, 0.05) is 12.5 Å². The smallest absolute Gasteiger partial charge is 0.220 e. The summed E-state index contributed by atoms with van der Waals surface area (Å²) >= 11 is 0. The average Bonchev–Trinajstić information content (AvgIpc) is 2.28. The second-order valence-electron chi connectivity index (χ2n) is 6.94. The first-order valence-electron chi connectivity index (χ1n) is 7.55. The van der Waals surface area contributed by atoms with Crippen molar-refractivity contribution >= 4 is 5.91 Å². The maximum atomic E-state index is 12.1. The molecule has 3 nitrogen and oxygen atoms in total. The summed E-state index contributed by atoms with van der Waals surface area (Å²) < 4.78 is 0. The fourth-order valence-electron chi connectivity index (χ4n) is 3.47. The van der Waals surface area contributed by atoms with E-state index in [1.807, 2.05) is 0 Å². The zero-order chi connectivity index (χ0) is 13.0. The van der Waals surface area contributed by atoms with E-state index in [1.165, 1.54) is 25.7 Å². The van der Waals surface area contributed by atoms with Crippen LogP contribution in [-0.2, 0) is 4.79 Å². The van der Waals surface area contributed by atoms with Crippen LogP contribution in [0.4, 0.5) is 0 Å². The Bertz CT molecular complexity index is 282. The van der Waals surface area contributed by atoms with Gasteiger partial charge < -0.3 is 10.6 Å². The van der Waals surface area contributed by atoms with Crippen molar-refractivity contribution in [2.24, 2.45) is 11.3 Å². The number of hydrogen-bond donors (Lipinski definition) is 2. The van der Waals surface area contributed by atoms with E-state index in [-0.39, 0.29) is 5.91 Å². The molecule has 2 atom stereocenters. The minimum absolute atomic E-state index is 0.270. The second kappa shape index (κ2) is 6.05. The largest absolute Gasteiger partial charge is 0.353 e. The summed E-state index contributed by atoms with van der Waals surface area (Å²) in [7, 11) is 0. The van der Waals surface area contributed by atoms with Crippen molar-refractivity contribution in [1.82, 2.24) is 10.6 Å². The normalized spacial score (nSPS) is 31.9. The van der Waals surface area contributed by atoms with E-state index < -0.39 is 0 Å². The minimum Gasteiger partial charge on any atom is -0.353 e. The molecule has 0 aromatic heterocycles. The molecule has 104 valence electrons. The van der Waals surface area contributed by atoms with Crippen LogP contribution in [0.5, 0.6) is 0 Å². The third kappa shape index (κ3) is 4.27. The monoisotopic (exact) mass is 252 g/mol. The molecule has 3 heteroatoms. The fourth-order valence-corrected chi connectivity index (χ4v) is 3.47. The van der Waals surface area contributed by atoms with Crippen molar-refractivity contribution in [3.8, 4) is 0 Å². The summed E-state index contributed by atoms with van der Waals surface area (Å²) in [5.74, 6) is 0.821. The summed E-state index contributed by atoms with van der Waals surface area (Å²) in [5, 5.41) is 6.63. The topological polar surface area (TPSA) is 41.1 Å². The molecule has 2 rings (SSSR count). The van der Waals surface area contributed by atoms with Crippen molar-refractivity contribution in [2.75, 3.05) is 13.1 Å². The van der Waals surface area contributed by atoms with Crippen LogP contribution in [0.2, 0.25) is 0 Å². The van der Waals surface area contributed by atoms with Gasteiger partial charge in [-0.05, 0) is 56.5 Å². The SMILES string of the molecule is CC1(C)CCCC(NC(=O)CC2CCCNC2)C1. The fraction of sp³-hybridized carbons (Fsp3) is 0.933. The van der Waals surface area contributed by atoms with Crippen molar-refractivity contribution in [3.05, 3.63) is 0 Å². The van der Waals surface area contributed by atoms with E-state index in [2.05, 4.69) is 24.5 Å². The van der Waals surface area contributed by atoms with Gasteiger partial charge in [0.05, 0.1) is 0 Å².